The molecule has 1 saturated carbocycles. The standard InChI is InChI=1S/C23H28O6S/c1-12-5-9-15(10-6-12)30(25,26)29-21-18(22(24)28-23(2,3)4)19-16-13-7-8-14(11-13)17(16)20(21)27-19/h5-10,13-14,16-21H,11H2,1-4H3. The van der Waals surface area contributed by atoms with Crippen LogP contribution < -0.4 is 0 Å². The predicted molar refractivity (Wildman–Crippen MR) is 109 cm³/mol. The number of hydrogen-bond donors (Lipinski definition) is 0. The van der Waals surface area contributed by atoms with E-state index in [0.29, 0.717) is 11.8 Å². The highest BCUT2D eigenvalue weighted by molar-refractivity contribution is 7.86. The third-order valence-electron chi connectivity index (χ3n) is 6.91. The molecule has 0 spiro atoms. The molecule has 0 N–H and O–H groups in total. The molecule has 7 heteroatoms. The van der Waals surface area contributed by atoms with Crippen LogP contribution >= 0.6 is 0 Å². The van der Waals surface area contributed by atoms with E-state index in [1.807, 2.05) is 6.92 Å². The minimum absolute atomic E-state index is 0.0863. The number of allylic oxidation sites excluding steroid dienone is 2. The van der Waals surface area contributed by atoms with Gasteiger partial charge >= 0.3 is 5.97 Å². The van der Waals surface area contributed by atoms with Crippen molar-refractivity contribution in [3.05, 3.63) is 42.0 Å². The van der Waals surface area contributed by atoms with Gasteiger partial charge in [0.1, 0.15) is 17.6 Å². The fourth-order valence-electron chi connectivity index (χ4n) is 5.86. The third-order valence-corrected chi connectivity index (χ3v) is 8.24. The van der Waals surface area contributed by atoms with Crippen molar-refractivity contribution in [2.45, 2.75) is 62.9 Å². The molecular formula is C23H28O6S. The molecule has 30 heavy (non-hydrogen) atoms. The van der Waals surface area contributed by atoms with E-state index in [0.717, 1.165) is 12.0 Å². The van der Waals surface area contributed by atoms with E-state index >= 15 is 0 Å². The lowest BCUT2D eigenvalue weighted by Crippen LogP contribution is -2.51. The Balaban J connectivity index is 1.47. The Bertz CT molecular complexity index is 990. The number of esters is 1. The smallest absolute Gasteiger partial charge is 0.314 e. The molecule has 3 fully saturated rings. The van der Waals surface area contributed by atoms with Crippen molar-refractivity contribution >= 4 is 16.1 Å². The number of fused-ring (bicyclic) bond motifs is 9. The van der Waals surface area contributed by atoms with Crippen molar-refractivity contribution in [1.82, 2.24) is 0 Å². The Morgan fingerprint density at radius 1 is 1.03 bits per heavy atom. The monoisotopic (exact) mass is 432 g/mol. The predicted octanol–water partition coefficient (Wildman–Crippen LogP) is 3.25. The number of carbonyl (C=O) groups excluding carboxylic acids is 1. The molecule has 0 aromatic heterocycles. The van der Waals surface area contributed by atoms with Crippen molar-refractivity contribution in [2.24, 2.45) is 29.6 Å². The number of hydrogen-bond acceptors (Lipinski definition) is 6. The van der Waals surface area contributed by atoms with E-state index in [1.54, 1.807) is 32.9 Å². The molecule has 4 aliphatic rings. The number of carbonyl (C=O) groups is 1. The maximum atomic E-state index is 13.1. The summed E-state index contributed by atoms with van der Waals surface area (Å²) in [5.74, 6) is -0.0172. The SMILES string of the molecule is Cc1ccc(S(=O)(=O)OC2C3OC(C2C(=O)OC(C)(C)C)C2C4C=CC(C4)C32)cc1. The van der Waals surface area contributed by atoms with E-state index in [1.165, 1.54) is 12.1 Å². The van der Waals surface area contributed by atoms with Gasteiger partial charge in [-0.3, -0.25) is 8.98 Å². The van der Waals surface area contributed by atoms with Gasteiger partial charge in [-0.2, -0.15) is 8.42 Å². The number of aryl methyl sites for hydroxylation is 1. The Labute approximate surface area is 177 Å². The lowest BCUT2D eigenvalue weighted by molar-refractivity contribution is -0.165. The summed E-state index contributed by atoms with van der Waals surface area (Å²) < 4.78 is 43.7. The molecule has 4 bridgehead atoms. The van der Waals surface area contributed by atoms with Gasteiger partial charge in [0, 0.05) is 0 Å². The van der Waals surface area contributed by atoms with E-state index in [4.69, 9.17) is 13.7 Å². The van der Waals surface area contributed by atoms with Gasteiger partial charge in [0.15, 0.2) is 0 Å². The van der Waals surface area contributed by atoms with Crippen LogP contribution in [0.2, 0.25) is 0 Å². The molecular weight excluding hydrogens is 404 g/mol. The van der Waals surface area contributed by atoms with Crippen LogP contribution in [0.4, 0.5) is 0 Å². The second-order valence-electron chi connectivity index (χ2n) is 10.1. The first-order valence-corrected chi connectivity index (χ1v) is 12.0. The van der Waals surface area contributed by atoms with Gasteiger partial charge in [-0.15, -0.1) is 0 Å². The second kappa shape index (κ2) is 6.65. The molecule has 2 saturated heterocycles. The normalized spacial score (nSPS) is 38.8. The van der Waals surface area contributed by atoms with Crippen LogP contribution in [0.5, 0.6) is 0 Å². The summed E-state index contributed by atoms with van der Waals surface area (Å²) in [4.78, 5) is 13.2. The van der Waals surface area contributed by atoms with Crippen LogP contribution in [-0.2, 0) is 28.6 Å². The highest BCUT2D eigenvalue weighted by atomic mass is 32.2. The summed E-state index contributed by atoms with van der Waals surface area (Å²) in [5.41, 5.74) is 0.285. The van der Waals surface area contributed by atoms with Gasteiger partial charge in [0.25, 0.3) is 10.1 Å². The quantitative estimate of drug-likeness (QED) is 0.413. The molecule has 2 heterocycles. The fraction of sp³-hybridized carbons (Fsp3) is 0.609. The first-order valence-electron chi connectivity index (χ1n) is 10.6. The summed E-state index contributed by atoms with van der Waals surface area (Å²) in [6.45, 7) is 7.31. The van der Waals surface area contributed by atoms with Gasteiger partial charge in [0.05, 0.1) is 17.1 Å². The zero-order chi connectivity index (χ0) is 21.4. The van der Waals surface area contributed by atoms with Crippen molar-refractivity contribution < 1.29 is 26.9 Å². The highest BCUT2D eigenvalue weighted by Gasteiger charge is 2.69. The van der Waals surface area contributed by atoms with Crippen molar-refractivity contribution in [3.8, 4) is 0 Å². The van der Waals surface area contributed by atoms with E-state index in [9.17, 15) is 13.2 Å². The molecule has 6 nitrogen and oxygen atoms in total. The van der Waals surface area contributed by atoms with Crippen LogP contribution in [0, 0.1) is 36.5 Å². The average molecular weight is 433 g/mol. The van der Waals surface area contributed by atoms with E-state index in [2.05, 4.69) is 12.2 Å². The average Bonchev–Trinajstić information content (AvgIpc) is 3.39. The third kappa shape index (κ3) is 3.13. The largest absolute Gasteiger partial charge is 0.460 e. The van der Waals surface area contributed by atoms with Gasteiger partial charge < -0.3 is 9.47 Å². The Kier molecular flexibility index (Phi) is 4.48. The van der Waals surface area contributed by atoms with Crippen LogP contribution in [0.25, 0.3) is 0 Å². The van der Waals surface area contributed by atoms with Gasteiger partial charge in [-0.25, -0.2) is 0 Å². The molecule has 1 aromatic carbocycles. The van der Waals surface area contributed by atoms with Gasteiger partial charge in [-0.1, -0.05) is 29.8 Å². The molecule has 2 aliphatic carbocycles. The number of ether oxygens (including phenoxy) is 2. The van der Waals surface area contributed by atoms with E-state index < -0.39 is 39.8 Å². The molecule has 162 valence electrons. The minimum Gasteiger partial charge on any atom is -0.460 e. The first-order chi connectivity index (χ1) is 14.0. The second-order valence-corrected chi connectivity index (χ2v) is 11.6. The molecule has 1 aromatic rings. The summed E-state index contributed by atoms with van der Waals surface area (Å²) in [7, 11) is -4.04. The van der Waals surface area contributed by atoms with Crippen LogP contribution in [0.3, 0.4) is 0 Å². The van der Waals surface area contributed by atoms with Crippen LogP contribution in [0.15, 0.2) is 41.3 Å². The Morgan fingerprint density at radius 2 is 1.63 bits per heavy atom. The summed E-state index contributed by atoms with van der Waals surface area (Å²) in [5, 5.41) is 0. The fourth-order valence-corrected chi connectivity index (χ4v) is 6.96. The molecule has 8 atom stereocenters. The number of rotatable bonds is 4. The molecule has 0 amide bonds. The lowest BCUT2D eigenvalue weighted by Gasteiger charge is -2.37. The van der Waals surface area contributed by atoms with Crippen molar-refractivity contribution in [3.63, 3.8) is 0 Å². The molecule has 2 aliphatic heterocycles. The summed E-state index contributed by atoms with van der Waals surface area (Å²) in [6.07, 6.45) is 3.82. The molecule has 8 unspecified atom stereocenters. The van der Waals surface area contributed by atoms with Crippen molar-refractivity contribution in [2.75, 3.05) is 0 Å². The molecule has 5 rings (SSSR count). The maximum absolute atomic E-state index is 13.1. The lowest BCUT2D eigenvalue weighted by atomic mass is 9.68. The Morgan fingerprint density at radius 3 is 2.23 bits per heavy atom. The summed E-state index contributed by atoms with van der Waals surface area (Å²) in [6, 6.07) is 6.53. The van der Waals surface area contributed by atoms with Crippen LogP contribution in [0.1, 0.15) is 32.8 Å². The van der Waals surface area contributed by atoms with Crippen LogP contribution in [-0.4, -0.2) is 38.3 Å². The van der Waals surface area contributed by atoms with Crippen molar-refractivity contribution in [1.29, 1.82) is 0 Å². The zero-order valence-corrected chi connectivity index (χ0v) is 18.5. The van der Waals surface area contributed by atoms with Gasteiger partial charge in [0.2, 0.25) is 0 Å². The highest BCUT2D eigenvalue weighted by Crippen LogP contribution is 2.62. The first kappa shape index (κ1) is 20.2. The summed E-state index contributed by atoms with van der Waals surface area (Å²) >= 11 is 0. The minimum atomic E-state index is -4.04. The topological polar surface area (TPSA) is 78.9 Å². The van der Waals surface area contributed by atoms with Gasteiger partial charge in [-0.05, 0) is 69.9 Å². The molecule has 0 radical (unpaired) electrons. The maximum Gasteiger partial charge on any atom is 0.314 e. The van der Waals surface area contributed by atoms with E-state index in [-0.39, 0.29) is 22.8 Å². The zero-order valence-electron chi connectivity index (χ0n) is 17.6. The Hall–Kier alpha value is -1.70. The number of benzene rings is 1.